The molecule has 26 heavy (non-hydrogen) atoms. The minimum atomic E-state index is -0.674. The summed E-state index contributed by atoms with van der Waals surface area (Å²) in [4.78, 5) is 33.0. The van der Waals surface area contributed by atoms with Crippen molar-refractivity contribution in [3.63, 3.8) is 0 Å². The Bertz CT molecular complexity index is 866. The third-order valence-electron chi connectivity index (χ3n) is 3.60. The van der Waals surface area contributed by atoms with Crippen molar-refractivity contribution in [3.8, 4) is 17.2 Å². The van der Waals surface area contributed by atoms with Crippen LogP contribution < -0.4 is 19.5 Å². The van der Waals surface area contributed by atoms with Gasteiger partial charge in [0.25, 0.3) is 5.91 Å². The highest BCUT2D eigenvalue weighted by atomic mass is 16.7. The molecule has 0 radical (unpaired) electrons. The van der Waals surface area contributed by atoms with Gasteiger partial charge in [-0.2, -0.15) is 0 Å². The highest BCUT2D eigenvalue weighted by molar-refractivity contribution is 5.79. The normalized spacial score (nSPS) is 11.7. The van der Waals surface area contributed by atoms with Crippen LogP contribution in [-0.4, -0.2) is 30.5 Å². The molecule has 0 saturated heterocycles. The van der Waals surface area contributed by atoms with Crippen LogP contribution in [0.2, 0.25) is 0 Å². The van der Waals surface area contributed by atoms with Gasteiger partial charge >= 0.3 is 5.69 Å². The molecule has 0 unspecified atom stereocenters. The molecule has 134 valence electrons. The molecule has 1 aliphatic rings. The maximum Gasteiger partial charge on any atom is 0.311 e. The van der Waals surface area contributed by atoms with E-state index < -0.39 is 17.4 Å². The largest absolute Gasteiger partial charge is 0.477 e. The van der Waals surface area contributed by atoms with Crippen molar-refractivity contribution in [2.24, 2.45) is 0 Å². The summed E-state index contributed by atoms with van der Waals surface area (Å²) >= 11 is 0. The van der Waals surface area contributed by atoms with E-state index >= 15 is 0 Å². The van der Waals surface area contributed by atoms with Gasteiger partial charge in [0, 0.05) is 18.2 Å². The second-order valence-electron chi connectivity index (χ2n) is 5.36. The number of hydrogen-bond donors (Lipinski definition) is 1. The van der Waals surface area contributed by atoms with Crippen LogP contribution in [-0.2, 0) is 11.3 Å². The van der Waals surface area contributed by atoms with Gasteiger partial charge in [0.1, 0.15) is 6.29 Å². The van der Waals surface area contributed by atoms with Gasteiger partial charge in [-0.05, 0) is 29.8 Å². The van der Waals surface area contributed by atoms with Crippen LogP contribution in [0.3, 0.4) is 0 Å². The Kier molecular flexibility index (Phi) is 4.97. The van der Waals surface area contributed by atoms with Crippen molar-refractivity contribution < 1.29 is 28.7 Å². The Balaban J connectivity index is 1.56. The third-order valence-corrected chi connectivity index (χ3v) is 3.60. The maximum absolute atomic E-state index is 11.9. The monoisotopic (exact) mass is 358 g/mol. The topological polar surface area (TPSA) is 117 Å². The summed E-state index contributed by atoms with van der Waals surface area (Å²) in [5.74, 6) is 0.726. The predicted molar refractivity (Wildman–Crippen MR) is 88.4 cm³/mol. The van der Waals surface area contributed by atoms with E-state index in [1.807, 2.05) is 0 Å². The summed E-state index contributed by atoms with van der Waals surface area (Å²) in [5, 5.41) is 13.7. The van der Waals surface area contributed by atoms with Gasteiger partial charge in [-0.15, -0.1) is 0 Å². The predicted octanol–water partition coefficient (Wildman–Crippen LogP) is 1.83. The minimum Gasteiger partial charge on any atom is -0.477 e. The standard InChI is InChI=1S/C17H14N2O7/c20-8-12-2-3-14(13(5-12)19(22)23)24-9-17(21)18-7-11-1-4-15-16(6-11)26-10-25-15/h1-6,8H,7,9-10H2,(H,18,21). The molecule has 0 saturated carbocycles. The van der Waals surface area contributed by atoms with Crippen molar-refractivity contribution in [1.82, 2.24) is 5.32 Å². The molecule has 1 heterocycles. The Morgan fingerprint density at radius 1 is 1.23 bits per heavy atom. The van der Waals surface area contributed by atoms with Crippen molar-refractivity contribution in [3.05, 3.63) is 57.6 Å². The first-order valence-electron chi connectivity index (χ1n) is 7.58. The highest BCUT2D eigenvalue weighted by Crippen LogP contribution is 2.32. The fourth-order valence-electron chi connectivity index (χ4n) is 2.32. The molecule has 0 spiro atoms. The number of carbonyl (C=O) groups is 2. The van der Waals surface area contributed by atoms with E-state index in [4.69, 9.17) is 14.2 Å². The number of fused-ring (bicyclic) bond motifs is 1. The number of nitrogens with zero attached hydrogens (tertiary/aromatic N) is 1. The average Bonchev–Trinajstić information content (AvgIpc) is 3.12. The zero-order valence-corrected chi connectivity index (χ0v) is 13.5. The lowest BCUT2D eigenvalue weighted by Crippen LogP contribution is -2.28. The summed E-state index contributed by atoms with van der Waals surface area (Å²) in [6.07, 6.45) is 0.495. The first kappa shape index (κ1) is 17.2. The van der Waals surface area contributed by atoms with Crippen molar-refractivity contribution in [1.29, 1.82) is 0 Å². The number of carbonyl (C=O) groups excluding carboxylic acids is 2. The molecule has 1 aliphatic heterocycles. The van der Waals surface area contributed by atoms with Crippen molar-refractivity contribution >= 4 is 17.9 Å². The van der Waals surface area contributed by atoms with Crippen molar-refractivity contribution in [2.45, 2.75) is 6.54 Å². The number of nitrogens with one attached hydrogen (secondary N) is 1. The van der Waals surface area contributed by atoms with Gasteiger partial charge in [-0.3, -0.25) is 19.7 Å². The number of nitro benzene ring substituents is 1. The van der Waals surface area contributed by atoms with Gasteiger partial charge in [-0.25, -0.2) is 0 Å². The zero-order chi connectivity index (χ0) is 18.5. The van der Waals surface area contributed by atoms with E-state index in [1.165, 1.54) is 12.1 Å². The lowest BCUT2D eigenvalue weighted by molar-refractivity contribution is -0.385. The van der Waals surface area contributed by atoms with Crippen LogP contribution in [0.1, 0.15) is 15.9 Å². The van der Waals surface area contributed by atoms with Gasteiger partial charge in [0.15, 0.2) is 23.9 Å². The van der Waals surface area contributed by atoms with E-state index in [1.54, 1.807) is 18.2 Å². The molecule has 0 fully saturated rings. The summed E-state index contributed by atoms with van der Waals surface area (Å²) in [7, 11) is 0. The van der Waals surface area contributed by atoms with Crippen LogP contribution >= 0.6 is 0 Å². The minimum absolute atomic E-state index is 0.0844. The Hall–Kier alpha value is -3.62. The zero-order valence-electron chi connectivity index (χ0n) is 13.5. The number of nitro groups is 1. The maximum atomic E-state index is 11.9. The summed E-state index contributed by atoms with van der Waals surface area (Å²) in [6, 6.07) is 9.04. The quantitative estimate of drug-likeness (QED) is 0.456. The van der Waals surface area contributed by atoms with Crippen LogP contribution in [0.5, 0.6) is 17.2 Å². The molecule has 0 aromatic heterocycles. The molecule has 9 heteroatoms. The van der Waals surface area contributed by atoms with Gasteiger partial charge < -0.3 is 19.5 Å². The lowest BCUT2D eigenvalue weighted by Gasteiger charge is -2.08. The van der Waals surface area contributed by atoms with Gasteiger partial charge in [0.2, 0.25) is 6.79 Å². The summed E-state index contributed by atoms with van der Waals surface area (Å²) < 4.78 is 15.7. The van der Waals surface area contributed by atoms with E-state index in [0.717, 1.165) is 11.6 Å². The number of rotatable bonds is 7. The van der Waals surface area contributed by atoms with E-state index in [-0.39, 0.29) is 30.3 Å². The number of ether oxygens (including phenoxy) is 3. The van der Waals surface area contributed by atoms with Gasteiger partial charge in [0.05, 0.1) is 4.92 Å². The molecule has 0 aliphatic carbocycles. The van der Waals surface area contributed by atoms with Crippen molar-refractivity contribution in [2.75, 3.05) is 13.4 Å². The molecular formula is C17H14N2O7. The Morgan fingerprint density at radius 2 is 2.04 bits per heavy atom. The molecule has 2 aromatic rings. The molecule has 1 amide bonds. The second kappa shape index (κ2) is 7.51. The van der Waals surface area contributed by atoms with Crippen LogP contribution in [0.15, 0.2) is 36.4 Å². The van der Waals surface area contributed by atoms with Crippen LogP contribution in [0, 0.1) is 10.1 Å². The Labute approximate surface area is 147 Å². The SMILES string of the molecule is O=Cc1ccc(OCC(=O)NCc2ccc3c(c2)OCO3)c([N+](=O)[O-])c1. The van der Waals surface area contributed by atoms with E-state index in [0.29, 0.717) is 17.8 Å². The fourth-order valence-corrected chi connectivity index (χ4v) is 2.32. The molecule has 0 bridgehead atoms. The molecule has 1 N–H and O–H groups in total. The molecule has 2 aromatic carbocycles. The summed E-state index contributed by atoms with van der Waals surface area (Å²) in [5.41, 5.74) is 0.582. The summed E-state index contributed by atoms with van der Waals surface area (Å²) in [6.45, 7) is 0.0114. The first-order chi connectivity index (χ1) is 12.6. The fraction of sp³-hybridized carbons (Fsp3) is 0.176. The number of hydrogen-bond acceptors (Lipinski definition) is 7. The Morgan fingerprint density at radius 3 is 2.81 bits per heavy atom. The number of amides is 1. The third kappa shape index (κ3) is 3.89. The van der Waals surface area contributed by atoms with E-state index in [2.05, 4.69) is 5.32 Å². The molecule has 3 rings (SSSR count). The lowest BCUT2D eigenvalue weighted by atomic mass is 10.2. The molecule has 9 nitrogen and oxygen atoms in total. The number of aldehydes is 1. The van der Waals surface area contributed by atoms with E-state index in [9.17, 15) is 19.7 Å². The van der Waals surface area contributed by atoms with Crippen LogP contribution in [0.4, 0.5) is 5.69 Å². The second-order valence-corrected chi connectivity index (χ2v) is 5.36. The first-order valence-corrected chi connectivity index (χ1v) is 7.58. The molecular weight excluding hydrogens is 344 g/mol. The number of benzene rings is 2. The molecule has 0 atom stereocenters. The smallest absolute Gasteiger partial charge is 0.311 e. The highest BCUT2D eigenvalue weighted by Gasteiger charge is 2.17. The van der Waals surface area contributed by atoms with Gasteiger partial charge in [-0.1, -0.05) is 6.07 Å². The van der Waals surface area contributed by atoms with Crippen LogP contribution in [0.25, 0.3) is 0 Å². The average molecular weight is 358 g/mol.